The number of anilines is 1. The maximum atomic E-state index is 5.93. The molecule has 0 aliphatic carbocycles. The molecule has 4 heteroatoms. The molecule has 4 nitrogen and oxygen atoms in total. The van der Waals surface area contributed by atoms with Gasteiger partial charge in [-0.25, -0.2) is 4.98 Å². The van der Waals surface area contributed by atoms with Crippen LogP contribution < -0.4 is 10.6 Å². The smallest absolute Gasteiger partial charge is 0.147 e. The zero-order chi connectivity index (χ0) is 11.5. The van der Waals surface area contributed by atoms with E-state index in [4.69, 9.17) is 5.73 Å². The molecule has 1 atom stereocenters. The minimum Gasteiger partial charge on any atom is -0.355 e. The number of hydrogen-bond donors (Lipinski definition) is 1. The number of aromatic nitrogens is 2. The number of piperidine rings is 1. The molecule has 16 heavy (non-hydrogen) atoms. The van der Waals surface area contributed by atoms with Gasteiger partial charge in [0.2, 0.25) is 0 Å². The first-order valence-corrected chi connectivity index (χ1v) is 5.96. The fourth-order valence-electron chi connectivity index (χ4n) is 2.26. The molecule has 0 aromatic carbocycles. The van der Waals surface area contributed by atoms with Gasteiger partial charge in [-0.2, -0.15) is 0 Å². The molecule has 1 fully saturated rings. The Morgan fingerprint density at radius 2 is 2.06 bits per heavy atom. The van der Waals surface area contributed by atoms with Crippen molar-refractivity contribution in [3.8, 4) is 0 Å². The molecule has 0 radical (unpaired) electrons. The standard InChI is InChI=1S/C12H20N4/c1-9-7-14-8-12(15-9)16-5-3-11(4-6-16)10(2)13/h7-8,10-11H,3-6,13H2,1-2H3/t10-/m0/s1. The highest BCUT2D eigenvalue weighted by Crippen LogP contribution is 2.22. The Morgan fingerprint density at radius 1 is 1.38 bits per heavy atom. The molecule has 1 saturated heterocycles. The van der Waals surface area contributed by atoms with Crippen molar-refractivity contribution in [1.82, 2.24) is 9.97 Å². The van der Waals surface area contributed by atoms with Crippen LogP contribution in [0.2, 0.25) is 0 Å². The monoisotopic (exact) mass is 220 g/mol. The second kappa shape index (κ2) is 4.78. The second-order valence-corrected chi connectivity index (χ2v) is 4.70. The lowest BCUT2D eigenvalue weighted by Gasteiger charge is -2.34. The Bertz CT molecular complexity index is 343. The molecule has 1 aliphatic heterocycles. The van der Waals surface area contributed by atoms with E-state index in [1.807, 2.05) is 13.1 Å². The molecule has 0 bridgehead atoms. The van der Waals surface area contributed by atoms with Crippen LogP contribution in [0.4, 0.5) is 5.82 Å². The summed E-state index contributed by atoms with van der Waals surface area (Å²) in [6, 6.07) is 0.311. The van der Waals surface area contributed by atoms with E-state index in [2.05, 4.69) is 21.8 Å². The van der Waals surface area contributed by atoms with Gasteiger partial charge in [-0.15, -0.1) is 0 Å². The second-order valence-electron chi connectivity index (χ2n) is 4.70. The highest BCUT2D eigenvalue weighted by Gasteiger charge is 2.22. The Hall–Kier alpha value is -1.16. The molecule has 2 heterocycles. The third-order valence-corrected chi connectivity index (χ3v) is 3.35. The summed E-state index contributed by atoms with van der Waals surface area (Å²) >= 11 is 0. The van der Waals surface area contributed by atoms with Crippen LogP contribution in [-0.4, -0.2) is 29.1 Å². The summed E-state index contributed by atoms with van der Waals surface area (Å²) in [6.07, 6.45) is 5.96. The van der Waals surface area contributed by atoms with Crippen LogP contribution in [-0.2, 0) is 0 Å². The SMILES string of the molecule is Cc1cncc(N2CCC([C@H](C)N)CC2)n1. The summed E-state index contributed by atoms with van der Waals surface area (Å²) in [7, 11) is 0. The Morgan fingerprint density at radius 3 is 2.62 bits per heavy atom. The normalized spacial score (nSPS) is 19.8. The third-order valence-electron chi connectivity index (χ3n) is 3.35. The van der Waals surface area contributed by atoms with Crippen LogP contribution in [0.15, 0.2) is 12.4 Å². The molecule has 1 aromatic heterocycles. The van der Waals surface area contributed by atoms with Crippen molar-refractivity contribution >= 4 is 5.82 Å². The van der Waals surface area contributed by atoms with Gasteiger partial charge in [0.1, 0.15) is 5.82 Å². The summed E-state index contributed by atoms with van der Waals surface area (Å²) in [6.45, 7) is 6.17. The zero-order valence-corrected chi connectivity index (χ0v) is 10.1. The van der Waals surface area contributed by atoms with Crippen molar-refractivity contribution < 1.29 is 0 Å². The Kier molecular flexibility index (Phi) is 3.39. The molecule has 0 amide bonds. The van der Waals surface area contributed by atoms with Crippen molar-refractivity contribution in [2.75, 3.05) is 18.0 Å². The van der Waals surface area contributed by atoms with Crippen molar-refractivity contribution in [1.29, 1.82) is 0 Å². The van der Waals surface area contributed by atoms with E-state index < -0.39 is 0 Å². The quantitative estimate of drug-likeness (QED) is 0.817. The Balaban J connectivity index is 1.99. The zero-order valence-electron chi connectivity index (χ0n) is 10.1. The first kappa shape index (κ1) is 11.3. The molecule has 88 valence electrons. The van der Waals surface area contributed by atoms with Crippen molar-refractivity contribution in [2.45, 2.75) is 32.7 Å². The molecular weight excluding hydrogens is 200 g/mol. The van der Waals surface area contributed by atoms with Gasteiger partial charge in [0.15, 0.2) is 0 Å². The summed E-state index contributed by atoms with van der Waals surface area (Å²) in [5.41, 5.74) is 6.91. The lowest BCUT2D eigenvalue weighted by Crippen LogP contribution is -2.40. The van der Waals surface area contributed by atoms with E-state index in [1.165, 1.54) is 0 Å². The van der Waals surface area contributed by atoms with Crippen molar-refractivity contribution in [3.63, 3.8) is 0 Å². The largest absolute Gasteiger partial charge is 0.355 e. The van der Waals surface area contributed by atoms with Crippen LogP contribution in [0.5, 0.6) is 0 Å². The molecule has 0 unspecified atom stereocenters. The fraction of sp³-hybridized carbons (Fsp3) is 0.667. The highest BCUT2D eigenvalue weighted by atomic mass is 15.2. The van der Waals surface area contributed by atoms with E-state index in [1.54, 1.807) is 6.20 Å². The minimum atomic E-state index is 0.311. The van der Waals surface area contributed by atoms with Gasteiger partial charge in [0.05, 0.1) is 11.9 Å². The molecule has 1 aliphatic rings. The van der Waals surface area contributed by atoms with Gasteiger partial charge in [-0.05, 0) is 32.6 Å². The van der Waals surface area contributed by atoms with E-state index in [0.29, 0.717) is 12.0 Å². The molecule has 0 saturated carbocycles. The maximum absolute atomic E-state index is 5.93. The number of nitrogens with zero attached hydrogens (tertiary/aromatic N) is 3. The third kappa shape index (κ3) is 2.50. The first-order chi connectivity index (χ1) is 7.66. The lowest BCUT2D eigenvalue weighted by molar-refractivity contribution is 0.353. The van der Waals surface area contributed by atoms with Gasteiger partial charge in [-0.1, -0.05) is 0 Å². The minimum absolute atomic E-state index is 0.311. The van der Waals surface area contributed by atoms with Crippen molar-refractivity contribution in [2.24, 2.45) is 11.7 Å². The first-order valence-electron chi connectivity index (χ1n) is 5.96. The van der Waals surface area contributed by atoms with E-state index in [9.17, 15) is 0 Å². The number of aryl methyl sites for hydroxylation is 1. The fourth-order valence-corrected chi connectivity index (χ4v) is 2.26. The van der Waals surface area contributed by atoms with E-state index >= 15 is 0 Å². The maximum Gasteiger partial charge on any atom is 0.147 e. The molecular formula is C12H20N4. The molecule has 0 spiro atoms. The number of rotatable bonds is 2. The molecule has 2 rings (SSSR count). The van der Waals surface area contributed by atoms with Crippen molar-refractivity contribution in [3.05, 3.63) is 18.1 Å². The summed E-state index contributed by atoms with van der Waals surface area (Å²) in [5, 5.41) is 0. The van der Waals surface area contributed by atoms with Gasteiger partial charge in [0.25, 0.3) is 0 Å². The van der Waals surface area contributed by atoms with Crippen LogP contribution in [0.3, 0.4) is 0 Å². The van der Waals surface area contributed by atoms with Crippen LogP contribution in [0, 0.1) is 12.8 Å². The summed E-state index contributed by atoms with van der Waals surface area (Å²) in [4.78, 5) is 11.0. The average molecular weight is 220 g/mol. The topological polar surface area (TPSA) is 55.0 Å². The average Bonchev–Trinajstić information content (AvgIpc) is 2.29. The molecule has 1 aromatic rings. The number of nitrogens with two attached hydrogens (primary N) is 1. The van der Waals surface area contributed by atoms with Gasteiger partial charge in [-0.3, -0.25) is 4.98 Å². The predicted octanol–water partition coefficient (Wildman–Crippen LogP) is 1.35. The lowest BCUT2D eigenvalue weighted by atomic mass is 9.91. The van der Waals surface area contributed by atoms with E-state index in [-0.39, 0.29) is 0 Å². The number of hydrogen-bond acceptors (Lipinski definition) is 4. The Labute approximate surface area is 96.9 Å². The van der Waals surface area contributed by atoms with Crippen LogP contribution in [0.1, 0.15) is 25.5 Å². The predicted molar refractivity (Wildman–Crippen MR) is 65.4 cm³/mol. The van der Waals surface area contributed by atoms with Gasteiger partial charge in [0, 0.05) is 25.3 Å². The van der Waals surface area contributed by atoms with Gasteiger partial charge < -0.3 is 10.6 Å². The summed E-state index contributed by atoms with van der Waals surface area (Å²) in [5.74, 6) is 1.66. The summed E-state index contributed by atoms with van der Waals surface area (Å²) < 4.78 is 0. The highest BCUT2D eigenvalue weighted by molar-refractivity contribution is 5.36. The van der Waals surface area contributed by atoms with E-state index in [0.717, 1.165) is 37.4 Å². The van der Waals surface area contributed by atoms with Crippen LogP contribution >= 0.6 is 0 Å². The molecule has 2 N–H and O–H groups in total. The van der Waals surface area contributed by atoms with Gasteiger partial charge >= 0.3 is 0 Å². The van der Waals surface area contributed by atoms with Crippen LogP contribution in [0.25, 0.3) is 0 Å².